The van der Waals surface area contributed by atoms with E-state index in [1.807, 2.05) is 0 Å². The predicted molar refractivity (Wildman–Crippen MR) is 104 cm³/mol. The van der Waals surface area contributed by atoms with E-state index < -0.39 is 41.1 Å². The van der Waals surface area contributed by atoms with Crippen LogP contribution in [0.3, 0.4) is 0 Å². The average Bonchev–Trinajstić information content (AvgIpc) is 3.07. The van der Waals surface area contributed by atoms with E-state index in [0.29, 0.717) is 22.3 Å². The molecule has 1 aromatic heterocycles. The van der Waals surface area contributed by atoms with Crippen LogP contribution in [-0.2, 0) is 14.4 Å². The Kier molecular flexibility index (Phi) is 4.64. The molecule has 2 aliphatic heterocycles. The number of nitrogens with zero attached hydrogens (tertiary/aromatic N) is 1. The van der Waals surface area contributed by atoms with Gasteiger partial charge in [-0.2, -0.15) is 0 Å². The highest BCUT2D eigenvalue weighted by Crippen LogP contribution is 2.40. The summed E-state index contributed by atoms with van der Waals surface area (Å²) in [5.74, 6) is -2.17. The first kappa shape index (κ1) is 18.9. The first-order valence-electron chi connectivity index (χ1n) is 8.40. The largest absolute Gasteiger partial charge is 0.477 e. The van der Waals surface area contributed by atoms with Crippen molar-refractivity contribution in [3.8, 4) is 0 Å². The average molecular weight is 421 g/mol. The Bertz CT molecular complexity index is 1050. The zero-order valence-electron chi connectivity index (χ0n) is 14.6. The number of fused-ring (bicyclic) bond motifs is 2. The molecule has 2 unspecified atom stereocenters. The molecule has 1 saturated heterocycles. The van der Waals surface area contributed by atoms with Gasteiger partial charge >= 0.3 is 5.97 Å². The summed E-state index contributed by atoms with van der Waals surface area (Å²) in [6.07, 6.45) is 0. The first-order chi connectivity index (χ1) is 13.3. The van der Waals surface area contributed by atoms with Gasteiger partial charge in [-0.3, -0.25) is 14.5 Å². The van der Waals surface area contributed by atoms with E-state index in [2.05, 4.69) is 5.32 Å². The van der Waals surface area contributed by atoms with E-state index >= 15 is 0 Å². The minimum atomic E-state index is -1.16. The molecular weight excluding hydrogens is 405 g/mol. The van der Waals surface area contributed by atoms with Crippen LogP contribution in [0.2, 0.25) is 0 Å². The minimum absolute atomic E-state index is 0.0251. The summed E-state index contributed by atoms with van der Waals surface area (Å²) in [5, 5.41) is 13.8. The van der Waals surface area contributed by atoms with Gasteiger partial charge < -0.3 is 16.2 Å². The smallest absolute Gasteiger partial charge is 0.352 e. The molecule has 2 aliphatic rings. The van der Waals surface area contributed by atoms with E-state index in [9.17, 15) is 23.9 Å². The first-order valence-corrected chi connectivity index (χ1v) is 10.3. The number of carboxylic acids is 1. The number of benzene rings is 1. The molecule has 0 saturated carbocycles. The van der Waals surface area contributed by atoms with Gasteiger partial charge in [-0.25, -0.2) is 9.18 Å². The number of carbonyl (C=O) groups excluding carboxylic acids is 2. The summed E-state index contributed by atoms with van der Waals surface area (Å²) in [6, 6.07) is 2.38. The van der Waals surface area contributed by atoms with E-state index in [0.717, 1.165) is 4.70 Å². The number of carboxylic acid groups (broad SMARTS) is 1. The zero-order valence-corrected chi connectivity index (χ0v) is 16.3. The van der Waals surface area contributed by atoms with Gasteiger partial charge in [0, 0.05) is 15.8 Å². The summed E-state index contributed by atoms with van der Waals surface area (Å²) in [7, 11) is 0. The van der Waals surface area contributed by atoms with Crippen LogP contribution in [0, 0.1) is 5.82 Å². The molecular formula is C18H16FN3O4S2. The molecule has 2 amide bonds. The van der Waals surface area contributed by atoms with Gasteiger partial charge in [-0.05, 0) is 41.6 Å². The zero-order chi connectivity index (χ0) is 20.2. The topological polar surface area (TPSA) is 113 Å². The lowest BCUT2D eigenvalue weighted by Gasteiger charge is -2.49. The second kappa shape index (κ2) is 6.87. The fourth-order valence-corrected chi connectivity index (χ4v) is 5.69. The van der Waals surface area contributed by atoms with Crippen LogP contribution in [0.4, 0.5) is 4.39 Å². The van der Waals surface area contributed by atoms with Gasteiger partial charge in [-0.1, -0.05) is 0 Å². The molecule has 4 N–H and O–H groups in total. The highest BCUT2D eigenvalue weighted by atomic mass is 32.2. The number of rotatable bonds is 4. The lowest BCUT2D eigenvalue weighted by molar-refractivity contribution is -0.150. The lowest BCUT2D eigenvalue weighted by atomic mass is 10.0. The van der Waals surface area contributed by atoms with Crippen molar-refractivity contribution in [1.82, 2.24) is 10.2 Å². The SMILES string of the molecule is CC1=C(C(=O)O)N2C(=O)C(NC(=O)[C@H](N)c3csc4ccc(F)cc34)C2SC1. The molecule has 0 spiro atoms. The molecule has 28 heavy (non-hydrogen) atoms. The van der Waals surface area contributed by atoms with E-state index in [1.165, 1.54) is 40.1 Å². The van der Waals surface area contributed by atoms with Gasteiger partial charge in [-0.15, -0.1) is 23.1 Å². The molecule has 10 heteroatoms. The summed E-state index contributed by atoms with van der Waals surface area (Å²) in [4.78, 5) is 37.8. The highest BCUT2D eigenvalue weighted by Gasteiger charge is 2.54. The van der Waals surface area contributed by atoms with Crippen LogP contribution in [0.5, 0.6) is 0 Å². The minimum Gasteiger partial charge on any atom is -0.477 e. The van der Waals surface area contributed by atoms with Crippen molar-refractivity contribution in [3.05, 3.63) is 46.2 Å². The van der Waals surface area contributed by atoms with Gasteiger partial charge in [0.25, 0.3) is 5.91 Å². The highest BCUT2D eigenvalue weighted by molar-refractivity contribution is 8.00. The summed E-state index contributed by atoms with van der Waals surface area (Å²) in [6.45, 7) is 1.67. The number of thiophene rings is 1. The fourth-order valence-electron chi connectivity index (χ4n) is 3.42. The third kappa shape index (κ3) is 2.88. The molecule has 0 aliphatic carbocycles. The quantitative estimate of drug-likeness (QED) is 0.649. The predicted octanol–water partition coefficient (Wildman–Crippen LogP) is 1.80. The molecule has 1 fully saturated rings. The molecule has 0 radical (unpaired) electrons. The van der Waals surface area contributed by atoms with Crippen molar-refractivity contribution in [2.45, 2.75) is 24.4 Å². The van der Waals surface area contributed by atoms with Crippen LogP contribution in [-0.4, -0.2) is 45.0 Å². The maximum Gasteiger partial charge on any atom is 0.352 e. The second-order valence-corrected chi connectivity index (χ2v) is 8.66. The molecule has 7 nitrogen and oxygen atoms in total. The maximum absolute atomic E-state index is 13.6. The number of nitrogens with two attached hydrogens (primary N) is 1. The van der Waals surface area contributed by atoms with Crippen LogP contribution in [0.25, 0.3) is 10.1 Å². The number of hydrogen-bond acceptors (Lipinski definition) is 6. The van der Waals surface area contributed by atoms with Crippen molar-refractivity contribution in [2.75, 3.05) is 5.75 Å². The number of carbonyl (C=O) groups is 3. The Balaban J connectivity index is 1.52. The number of aliphatic carboxylic acids is 1. The van der Waals surface area contributed by atoms with Gasteiger partial charge in [0.1, 0.15) is 29.0 Å². The number of β-lactam (4-membered cyclic amide) rings is 1. The van der Waals surface area contributed by atoms with E-state index in [1.54, 1.807) is 18.4 Å². The molecule has 3 atom stereocenters. The van der Waals surface area contributed by atoms with Crippen LogP contribution >= 0.6 is 23.1 Å². The number of amides is 2. The van der Waals surface area contributed by atoms with Gasteiger partial charge in [0.2, 0.25) is 5.91 Å². The van der Waals surface area contributed by atoms with Gasteiger partial charge in [0.05, 0.1) is 0 Å². The van der Waals surface area contributed by atoms with Crippen molar-refractivity contribution in [1.29, 1.82) is 0 Å². The van der Waals surface area contributed by atoms with E-state index in [-0.39, 0.29) is 5.70 Å². The van der Waals surface area contributed by atoms with Crippen molar-refractivity contribution in [2.24, 2.45) is 5.73 Å². The molecule has 4 rings (SSSR count). The lowest BCUT2D eigenvalue weighted by Crippen LogP contribution is -2.71. The van der Waals surface area contributed by atoms with E-state index in [4.69, 9.17) is 5.73 Å². The second-order valence-electron chi connectivity index (χ2n) is 6.64. The maximum atomic E-state index is 13.6. The molecule has 1 aromatic carbocycles. The summed E-state index contributed by atoms with van der Waals surface area (Å²) >= 11 is 2.74. The Morgan fingerprint density at radius 2 is 2.18 bits per heavy atom. The molecule has 0 bridgehead atoms. The number of halogens is 1. The van der Waals surface area contributed by atoms with Crippen LogP contribution in [0.15, 0.2) is 34.8 Å². The molecule has 2 aromatic rings. The standard InChI is InChI=1S/C18H16FN3O4S2/c1-7-5-28-17-13(16(24)22(17)14(7)18(25)26)21-15(23)12(20)10-6-27-11-3-2-8(19)4-9(10)11/h2-4,6,12-13,17H,5,20H2,1H3,(H,21,23)(H,25,26)/t12-,13?,17?/m1/s1. The molecule has 3 heterocycles. The Morgan fingerprint density at radius 1 is 1.43 bits per heavy atom. The van der Waals surface area contributed by atoms with Crippen LogP contribution in [0.1, 0.15) is 18.5 Å². The Hall–Kier alpha value is -2.43. The number of nitrogens with one attached hydrogen (secondary N) is 1. The fraction of sp³-hybridized carbons (Fsp3) is 0.278. The summed E-state index contributed by atoms with van der Waals surface area (Å²) in [5.41, 5.74) is 7.14. The Labute approximate surface area is 167 Å². The normalized spacial score (nSPS) is 22.7. The third-order valence-corrected chi connectivity index (χ3v) is 7.25. The number of hydrogen-bond donors (Lipinski definition) is 3. The van der Waals surface area contributed by atoms with Gasteiger partial charge in [0.15, 0.2) is 0 Å². The van der Waals surface area contributed by atoms with Crippen LogP contribution < -0.4 is 11.1 Å². The summed E-state index contributed by atoms with van der Waals surface area (Å²) < 4.78 is 14.4. The monoisotopic (exact) mass is 421 g/mol. The Morgan fingerprint density at radius 3 is 2.89 bits per heavy atom. The number of thioether (sulfide) groups is 1. The van der Waals surface area contributed by atoms with Crippen molar-refractivity contribution >= 4 is 51.0 Å². The van der Waals surface area contributed by atoms with Crippen molar-refractivity contribution < 1.29 is 23.9 Å². The molecule has 146 valence electrons. The third-order valence-electron chi connectivity index (χ3n) is 4.84. The van der Waals surface area contributed by atoms with Crippen molar-refractivity contribution in [3.63, 3.8) is 0 Å².